The Hall–Kier alpha value is -1.97. The number of hydrogen-bond acceptors (Lipinski definition) is 6. The molecule has 2 saturated heterocycles. The van der Waals surface area contributed by atoms with Crippen LogP contribution in [0.1, 0.15) is 18.9 Å². The van der Waals surface area contributed by atoms with E-state index in [-0.39, 0.29) is 4.90 Å². The molecule has 0 unspecified atom stereocenters. The highest BCUT2D eigenvalue weighted by Gasteiger charge is 2.28. The van der Waals surface area contributed by atoms with Crippen molar-refractivity contribution >= 4 is 15.8 Å². The Bertz CT molecular complexity index is 836. The first kappa shape index (κ1) is 18.4. The van der Waals surface area contributed by atoms with Crippen LogP contribution in [0.4, 0.5) is 5.82 Å². The number of piperidine rings is 1. The fourth-order valence-corrected chi connectivity index (χ4v) is 5.11. The Morgan fingerprint density at radius 2 is 1.78 bits per heavy atom. The summed E-state index contributed by atoms with van der Waals surface area (Å²) in [5.74, 6) is 0.839. The fourth-order valence-electron chi connectivity index (χ4n) is 3.75. The lowest BCUT2D eigenvalue weighted by molar-refractivity contribution is 0.222. The van der Waals surface area contributed by atoms with Gasteiger partial charge in [0.2, 0.25) is 10.0 Å². The molecule has 4 rings (SSSR count). The molecule has 0 saturated carbocycles. The van der Waals surface area contributed by atoms with Crippen molar-refractivity contribution in [3.8, 4) is 0 Å². The lowest BCUT2D eigenvalue weighted by Crippen LogP contribution is -2.47. The molecule has 0 atom stereocenters. The quantitative estimate of drug-likeness (QED) is 0.777. The van der Waals surface area contributed by atoms with Gasteiger partial charge in [0, 0.05) is 57.9 Å². The Labute approximate surface area is 160 Å². The lowest BCUT2D eigenvalue weighted by atomic mass is 10.1. The SMILES string of the molecule is CN1CCN(S(=O)(=O)c2ccc(N3CCC(n4cccn4)CC3)nc2)CC1. The molecule has 2 fully saturated rings. The molecule has 4 heterocycles. The van der Waals surface area contributed by atoms with Gasteiger partial charge in [0.15, 0.2) is 0 Å². The van der Waals surface area contributed by atoms with Crippen LogP contribution in [-0.4, -0.2) is 78.7 Å². The van der Waals surface area contributed by atoms with Gasteiger partial charge in [-0.1, -0.05) is 0 Å². The molecular formula is C18H26N6O2S. The van der Waals surface area contributed by atoms with Crippen LogP contribution in [0.2, 0.25) is 0 Å². The summed E-state index contributed by atoms with van der Waals surface area (Å²) < 4.78 is 29.2. The van der Waals surface area contributed by atoms with Crippen LogP contribution in [0.25, 0.3) is 0 Å². The van der Waals surface area contributed by atoms with E-state index in [1.165, 1.54) is 6.20 Å². The third kappa shape index (κ3) is 3.85. The zero-order chi connectivity index (χ0) is 18.9. The first-order valence-corrected chi connectivity index (χ1v) is 10.9. The topological polar surface area (TPSA) is 74.6 Å². The van der Waals surface area contributed by atoms with Crippen LogP contribution in [0.3, 0.4) is 0 Å². The standard InChI is InChI=1S/C18H26N6O2S/c1-21-11-13-23(14-12-21)27(25,26)17-3-4-18(19-15-17)22-9-5-16(6-10-22)24-8-2-7-20-24/h2-4,7-8,15-16H,5-6,9-14H2,1H3. The lowest BCUT2D eigenvalue weighted by Gasteiger charge is -2.33. The minimum atomic E-state index is -3.46. The summed E-state index contributed by atoms with van der Waals surface area (Å²) >= 11 is 0. The van der Waals surface area contributed by atoms with E-state index in [4.69, 9.17) is 0 Å². The van der Waals surface area contributed by atoms with Gasteiger partial charge < -0.3 is 9.80 Å². The van der Waals surface area contributed by atoms with E-state index in [1.807, 2.05) is 36.3 Å². The molecule has 0 spiro atoms. The average molecular weight is 391 g/mol. The highest BCUT2D eigenvalue weighted by molar-refractivity contribution is 7.89. The Kier molecular flexibility index (Phi) is 5.16. The Morgan fingerprint density at radius 1 is 1.04 bits per heavy atom. The van der Waals surface area contributed by atoms with Gasteiger partial charge in [0.1, 0.15) is 10.7 Å². The number of rotatable bonds is 4. The predicted octanol–water partition coefficient (Wildman–Crippen LogP) is 1.06. The van der Waals surface area contributed by atoms with E-state index in [9.17, 15) is 8.42 Å². The van der Waals surface area contributed by atoms with Crippen LogP contribution in [0, 0.1) is 0 Å². The van der Waals surface area contributed by atoms with Crippen molar-refractivity contribution in [2.75, 3.05) is 51.2 Å². The summed E-state index contributed by atoms with van der Waals surface area (Å²) in [6.07, 6.45) is 7.34. The molecule has 9 heteroatoms. The monoisotopic (exact) mass is 390 g/mol. The molecule has 2 aromatic rings. The summed E-state index contributed by atoms with van der Waals surface area (Å²) in [6.45, 7) is 4.36. The second-order valence-electron chi connectivity index (χ2n) is 7.26. The van der Waals surface area contributed by atoms with Gasteiger partial charge in [-0.2, -0.15) is 9.40 Å². The third-order valence-corrected chi connectivity index (χ3v) is 7.39. The van der Waals surface area contributed by atoms with Crippen LogP contribution >= 0.6 is 0 Å². The second-order valence-corrected chi connectivity index (χ2v) is 9.20. The first-order valence-electron chi connectivity index (χ1n) is 9.43. The van der Waals surface area contributed by atoms with Crippen molar-refractivity contribution in [1.82, 2.24) is 24.0 Å². The molecule has 2 aliphatic heterocycles. The van der Waals surface area contributed by atoms with Crippen LogP contribution in [0.15, 0.2) is 41.7 Å². The zero-order valence-corrected chi connectivity index (χ0v) is 16.4. The Balaban J connectivity index is 1.40. The van der Waals surface area contributed by atoms with Gasteiger partial charge in [-0.05, 0) is 38.1 Å². The van der Waals surface area contributed by atoms with E-state index in [1.54, 1.807) is 10.4 Å². The van der Waals surface area contributed by atoms with Crippen molar-refractivity contribution in [2.24, 2.45) is 0 Å². The minimum Gasteiger partial charge on any atom is -0.356 e. The highest BCUT2D eigenvalue weighted by Crippen LogP contribution is 2.26. The van der Waals surface area contributed by atoms with E-state index in [0.29, 0.717) is 19.1 Å². The summed E-state index contributed by atoms with van der Waals surface area (Å²) in [5, 5.41) is 4.33. The van der Waals surface area contributed by atoms with Crippen molar-refractivity contribution in [3.05, 3.63) is 36.8 Å². The predicted molar refractivity (Wildman–Crippen MR) is 103 cm³/mol. The number of anilines is 1. The number of aromatic nitrogens is 3. The fraction of sp³-hybridized carbons (Fsp3) is 0.556. The number of piperazine rings is 1. The minimum absolute atomic E-state index is 0.280. The van der Waals surface area contributed by atoms with Crippen molar-refractivity contribution in [1.29, 1.82) is 0 Å². The van der Waals surface area contributed by atoms with Gasteiger partial charge >= 0.3 is 0 Å². The van der Waals surface area contributed by atoms with Gasteiger partial charge in [0.25, 0.3) is 0 Å². The highest BCUT2D eigenvalue weighted by atomic mass is 32.2. The smallest absolute Gasteiger partial charge is 0.244 e. The number of nitrogens with zero attached hydrogens (tertiary/aromatic N) is 6. The number of pyridine rings is 1. The van der Waals surface area contributed by atoms with Crippen LogP contribution < -0.4 is 4.90 Å². The molecule has 0 aliphatic carbocycles. The maximum Gasteiger partial charge on any atom is 0.244 e. The van der Waals surface area contributed by atoms with Crippen molar-refractivity contribution in [3.63, 3.8) is 0 Å². The van der Waals surface area contributed by atoms with Crippen LogP contribution in [0.5, 0.6) is 0 Å². The van der Waals surface area contributed by atoms with Gasteiger partial charge in [-0.25, -0.2) is 13.4 Å². The molecule has 0 bridgehead atoms. The molecule has 2 aromatic heterocycles. The van der Waals surface area contributed by atoms with Crippen molar-refractivity contribution in [2.45, 2.75) is 23.8 Å². The van der Waals surface area contributed by atoms with E-state index in [0.717, 1.165) is 44.8 Å². The van der Waals surface area contributed by atoms with Crippen LogP contribution in [-0.2, 0) is 10.0 Å². The zero-order valence-electron chi connectivity index (χ0n) is 15.6. The molecule has 0 aromatic carbocycles. The largest absolute Gasteiger partial charge is 0.356 e. The summed E-state index contributed by atoms with van der Waals surface area (Å²) in [5.41, 5.74) is 0. The summed E-state index contributed by atoms with van der Waals surface area (Å²) in [4.78, 5) is 9.09. The summed E-state index contributed by atoms with van der Waals surface area (Å²) in [7, 11) is -1.45. The molecule has 0 radical (unpaired) electrons. The molecule has 146 valence electrons. The normalized spacial score (nSPS) is 20.9. The molecule has 0 amide bonds. The second kappa shape index (κ2) is 7.57. The number of sulfonamides is 1. The first-order chi connectivity index (χ1) is 13.0. The maximum atomic E-state index is 12.8. The van der Waals surface area contributed by atoms with E-state index in [2.05, 4.69) is 19.9 Å². The Morgan fingerprint density at radius 3 is 2.37 bits per heavy atom. The molecule has 2 aliphatic rings. The number of likely N-dealkylation sites (N-methyl/N-ethyl adjacent to an activating group) is 1. The van der Waals surface area contributed by atoms with E-state index >= 15 is 0 Å². The molecule has 27 heavy (non-hydrogen) atoms. The third-order valence-electron chi connectivity index (χ3n) is 5.51. The molecular weight excluding hydrogens is 364 g/mol. The average Bonchev–Trinajstić information content (AvgIpc) is 3.23. The number of hydrogen-bond donors (Lipinski definition) is 0. The maximum absolute atomic E-state index is 12.8. The van der Waals surface area contributed by atoms with Crippen molar-refractivity contribution < 1.29 is 8.42 Å². The molecule has 8 nitrogen and oxygen atoms in total. The van der Waals surface area contributed by atoms with Gasteiger partial charge in [-0.15, -0.1) is 0 Å². The summed E-state index contributed by atoms with van der Waals surface area (Å²) in [6, 6.07) is 5.90. The molecule has 0 N–H and O–H groups in total. The van der Waals surface area contributed by atoms with E-state index < -0.39 is 10.0 Å². The van der Waals surface area contributed by atoms with Gasteiger partial charge in [-0.3, -0.25) is 4.68 Å². The van der Waals surface area contributed by atoms with Gasteiger partial charge in [0.05, 0.1) is 6.04 Å².